The zero-order valence-electron chi connectivity index (χ0n) is 11.9. The van der Waals surface area contributed by atoms with E-state index in [-0.39, 0.29) is 13.2 Å². The molecule has 112 valence electrons. The number of benzene rings is 2. The lowest BCUT2D eigenvalue weighted by Gasteiger charge is -2.15. The Bertz CT molecular complexity index is 577. The van der Waals surface area contributed by atoms with E-state index in [9.17, 15) is 5.11 Å². The molecule has 1 atom stereocenters. The highest BCUT2D eigenvalue weighted by atomic mass is 32.2. The Morgan fingerprint density at radius 1 is 1.00 bits per heavy atom. The maximum atomic E-state index is 9.93. The fraction of sp³-hybridized carbons (Fsp3) is 0.250. The average Bonchev–Trinajstić information content (AvgIpc) is 2.52. The van der Waals surface area contributed by atoms with Crippen LogP contribution in [0.5, 0.6) is 11.5 Å². The lowest BCUT2D eigenvalue weighted by Crippen LogP contribution is -2.25. The Labute approximate surface area is 128 Å². The van der Waals surface area contributed by atoms with Crippen molar-refractivity contribution in [3.05, 3.63) is 48.5 Å². The maximum Gasteiger partial charge on any atom is 0.142 e. The zero-order valence-corrected chi connectivity index (χ0v) is 12.7. The number of thioether (sulfide) groups is 1. The molecule has 0 aromatic heterocycles. The van der Waals surface area contributed by atoms with Crippen LogP contribution >= 0.6 is 11.8 Å². The molecule has 2 aromatic carbocycles. The summed E-state index contributed by atoms with van der Waals surface area (Å²) in [5.74, 6) is 1.34. The van der Waals surface area contributed by atoms with Gasteiger partial charge in [0.2, 0.25) is 0 Å². The SMILES string of the molecule is CSc1ccccc1OCC(O)COc1ccccc1N. The predicted octanol–water partition coefficient (Wildman–Crippen LogP) is 2.81. The third-order valence-electron chi connectivity index (χ3n) is 2.85. The van der Waals surface area contributed by atoms with Gasteiger partial charge in [0.05, 0.1) is 5.69 Å². The topological polar surface area (TPSA) is 64.7 Å². The average molecular weight is 305 g/mol. The van der Waals surface area contributed by atoms with Gasteiger partial charge in [0.15, 0.2) is 0 Å². The Morgan fingerprint density at radius 2 is 1.57 bits per heavy atom. The molecule has 0 fully saturated rings. The van der Waals surface area contributed by atoms with Crippen LogP contribution in [-0.2, 0) is 0 Å². The van der Waals surface area contributed by atoms with Crippen LogP contribution in [-0.4, -0.2) is 30.7 Å². The van der Waals surface area contributed by atoms with Crippen molar-refractivity contribution in [1.29, 1.82) is 0 Å². The van der Waals surface area contributed by atoms with Crippen LogP contribution in [0.3, 0.4) is 0 Å². The number of nitrogen functional groups attached to an aromatic ring is 1. The number of ether oxygens (including phenoxy) is 2. The Morgan fingerprint density at radius 3 is 2.24 bits per heavy atom. The molecule has 0 heterocycles. The lowest BCUT2D eigenvalue weighted by molar-refractivity contribution is 0.0619. The predicted molar refractivity (Wildman–Crippen MR) is 86.1 cm³/mol. The smallest absolute Gasteiger partial charge is 0.142 e. The summed E-state index contributed by atoms with van der Waals surface area (Å²) in [6.07, 6.45) is 1.26. The summed E-state index contributed by atoms with van der Waals surface area (Å²) < 4.78 is 11.1. The fourth-order valence-electron chi connectivity index (χ4n) is 1.77. The summed E-state index contributed by atoms with van der Waals surface area (Å²) in [5.41, 5.74) is 6.32. The van der Waals surface area contributed by atoms with E-state index in [1.54, 1.807) is 23.9 Å². The van der Waals surface area contributed by atoms with Gasteiger partial charge in [0.1, 0.15) is 30.8 Å². The molecule has 0 spiro atoms. The number of para-hydroxylation sites is 3. The molecule has 1 unspecified atom stereocenters. The molecular formula is C16H19NO3S. The molecule has 0 radical (unpaired) electrons. The van der Waals surface area contributed by atoms with Crippen molar-refractivity contribution in [1.82, 2.24) is 0 Å². The Hall–Kier alpha value is -1.85. The van der Waals surface area contributed by atoms with Crippen LogP contribution in [0, 0.1) is 0 Å². The van der Waals surface area contributed by atoms with E-state index < -0.39 is 6.10 Å². The first kappa shape index (κ1) is 15.5. The maximum absolute atomic E-state index is 9.93. The second-order valence-electron chi connectivity index (χ2n) is 4.46. The van der Waals surface area contributed by atoms with Crippen molar-refractivity contribution in [2.24, 2.45) is 0 Å². The third-order valence-corrected chi connectivity index (χ3v) is 3.63. The van der Waals surface area contributed by atoms with Crippen molar-refractivity contribution < 1.29 is 14.6 Å². The summed E-state index contributed by atoms with van der Waals surface area (Å²) in [6.45, 7) is 0.306. The summed E-state index contributed by atoms with van der Waals surface area (Å²) in [5, 5.41) is 9.93. The molecule has 3 N–H and O–H groups in total. The molecule has 0 aliphatic carbocycles. The number of anilines is 1. The monoisotopic (exact) mass is 305 g/mol. The van der Waals surface area contributed by atoms with Crippen LogP contribution < -0.4 is 15.2 Å². The minimum atomic E-state index is -0.723. The molecule has 2 aromatic rings. The van der Waals surface area contributed by atoms with Gasteiger partial charge >= 0.3 is 0 Å². The van der Waals surface area contributed by atoms with E-state index in [1.165, 1.54) is 0 Å². The van der Waals surface area contributed by atoms with E-state index in [1.807, 2.05) is 42.7 Å². The van der Waals surface area contributed by atoms with Crippen LogP contribution in [0.25, 0.3) is 0 Å². The van der Waals surface area contributed by atoms with Gasteiger partial charge in [0.25, 0.3) is 0 Å². The first-order valence-electron chi connectivity index (χ1n) is 6.62. The molecule has 0 bridgehead atoms. The van der Waals surface area contributed by atoms with E-state index in [0.29, 0.717) is 11.4 Å². The first-order valence-corrected chi connectivity index (χ1v) is 7.84. The molecular weight excluding hydrogens is 286 g/mol. The van der Waals surface area contributed by atoms with Gasteiger partial charge < -0.3 is 20.3 Å². The molecule has 0 aliphatic heterocycles. The summed E-state index contributed by atoms with van der Waals surface area (Å²) in [6, 6.07) is 14.9. The van der Waals surface area contributed by atoms with E-state index >= 15 is 0 Å². The molecule has 5 heteroatoms. The first-order chi connectivity index (χ1) is 10.2. The lowest BCUT2D eigenvalue weighted by atomic mass is 10.3. The van der Waals surface area contributed by atoms with Gasteiger partial charge in [-0.05, 0) is 30.5 Å². The van der Waals surface area contributed by atoms with E-state index in [2.05, 4.69) is 0 Å². The van der Waals surface area contributed by atoms with Gasteiger partial charge in [0, 0.05) is 4.90 Å². The van der Waals surface area contributed by atoms with Crippen LogP contribution in [0.1, 0.15) is 0 Å². The molecule has 0 amide bonds. The van der Waals surface area contributed by atoms with Crippen LogP contribution in [0.4, 0.5) is 5.69 Å². The summed E-state index contributed by atoms with van der Waals surface area (Å²) >= 11 is 1.60. The van der Waals surface area contributed by atoms with Crippen molar-refractivity contribution in [3.8, 4) is 11.5 Å². The Balaban J connectivity index is 1.82. The molecule has 0 saturated carbocycles. The third kappa shape index (κ3) is 4.58. The van der Waals surface area contributed by atoms with Crippen molar-refractivity contribution in [2.45, 2.75) is 11.0 Å². The zero-order chi connectivity index (χ0) is 15.1. The molecule has 2 rings (SSSR count). The second kappa shape index (κ2) is 7.81. The van der Waals surface area contributed by atoms with Crippen molar-refractivity contribution in [3.63, 3.8) is 0 Å². The minimum Gasteiger partial charge on any atom is -0.490 e. The fourth-order valence-corrected chi connectivity index (χ4v) is 2.31. The van der Waals surface area contributed by atoms with E-state index in [0.717, 1.165) is 10.6 Å². The number of hydrogen-bond acceptors (Lipinski definition) is 5. The van der Waals surface area contributed by atoms with Crippen LogP contribution in [0.15, 0.2) is 53.4 Å². The van der Waals surface area contributed by atoms with Crippen LogP contribution in [0.2, 0.25) is 0 Å². The normalized spacial score (nSPS) is 11.9. The second-order valence-corrected chi connectivity index (χ2v) is 5.31. The van der Waals surface area contributed by atoms with Crippen molar-refractivity contribution >= 4 is 17.4 Å². The molecule has 0 saturated heterocycles. The number of hydrogen-bond donors (Lipinski definition) is 2. The standard InChI is InChI=1S/C16H19NO3S/c1-21-16-9-5-4-8-15(16)20-11-12(18)10-19-14-7-3-2-6-13(14)17/h2-9,12,18H,10-11,17H2,1H3. The summed E-state index contributed by atoms with van der Waals surface area (Å²) in [4.78, 5) is 1.04. The number of aliphatic hydroxyl groups excluding tert-OH is 1. The van der Waals surface area contributed by atoms with Gasteiger partial charge in [-0.15, -0.1) is 11.8 Å². The number of aliphatic hydroxyl groups is 1. The molecule has 0 aliphatic rings. The quantitative estimate of drug-likeness (QED) is 0.608. The largest absolute Gasteiger partial charge is 0.490 e. The van der Waals surface area contributed by atoms with Gasteiger partial charge in [-0.25, -0.2) is 0 Å². The Kier molecular flexibility index (Phi) is 5.78. The van der Waals surface area contributed by atoms with Gasteiger partial charge in [-0.1, -0.05) is 24.3 Å². The molecule has 21 heavy (non-hydrogen) atoms. The molecule has 4 nitrogen and oxygen atoms in total. The van der Waals surface area contributed by atoms with Gasteiger partial charge in [-0.2, -0.15) is 0 Å². The number of nitrogens with two attached hydrogens (primary N) is 1. The summed E-state index contributed by atoms with van der Waals surface area (Å²) in [7, 11) is 0. The highest BCUT2D eigenvalue weighted by molar-refractivity contribution is 7.98. The highest BCUT2D eigenvalue weighted by Crippen LogP contribution is 2.27. The van der Waals surface area contributed by atoms with Gasteiger partial charge in [-0.3, -0.25) is 0 Å². The van der Waals surface area contributed by atoms with E-state index in [4.69, 9.17) is 15.2 Å². The number of rotatable bonds is 7. The highest BCUT2D eigenvalue weighted by Gasteiger charge is 2.09. The van der Waals surface area contributed by atoms with Crippen molar-refractivity contribution in [2.75, 3.05) is 25.2 Å². The minimum absolute atomic E-state index is 0.135.